The van der Waals surface area contributed by atoms with E-state index in [0.29, 0.717) is 5.56 Å². The highest BCUT2D eigenvalue weighted by Crippen LogP contribution is 2.12. The van der Waals surface area contributed by atoms with Gasteiger partial charge >= 0.3 is 5.97 Å². The standard InChI is InChI=1S/C13H13N5O2/c1-9-4-10(5-14)2-3-11(9)7-20-12(19)6-18-8-16-13(15)17-18/h2-4,8H,6-7H2,1H3,(H2,15,17). The lowest BCUT2D eigenvalue weighted by molar-refractivity contribution is -0.145. The molecule has 1 heterocycles. The molecule has 0 unspecified atom stereocenters. The lowest BCUT2D eigenvalue weighted by Crippen LogP contribution is -2.14. The fraction of sp³-hybridized carbons (Fsp3) is 0.231. The van der Waals surface area contributed by atoms with E-state index < -0.39 is 5.97 Å². The van der Waals surface area contributed by atoms with Crippen molar-refractivity contribution in [3.63, 3.8) is 0 Å². The van der Waals surface area contributed by atoms with Crippen LogP contribution in [0.25, 0.3) is 0 Å². The first-order valence-electron chi connectivity index (χ1n) is 5.88. The monoisotopic (exact) mass is 271 g/mol. The van der Waals surface area contributed by atoms with E-state index in [1.165, 1.54) is 11.0 Å². The van der Waals surface area contributed by atoms with E-state index in [9.17, 15) is 4.79 Å². The summed E-state index contributed by atoms with van der Waals surface area (Å²) in [5.74, 6) is -0.320. The number of nitrogens with zero attached hydrogens (tertiary/aromatic N) is 4. The molecule has 0 aliphatic heterocycles. The average molecular weight is 271 g/mol. The largest absolute Gasteiger partial charge is 0.459 e. The zero-order valence-corrected chi connectivity index (χ0v) is 10.9. The van der Waals surface area contributed by atoms with E-state index in [0.717, 1.165) is 11.1 Å². The Hall–Kier alpha value is -2.88. The minimum Gasteiger partial charge on any atom is -0.459 e. The van der Waals surface area contributed by atoms with Crippen LogP contribution in [-0.2, 0) is 22.7 Å². The van der Waals surface area contributed by atoms with Crippen molar-refractivity contribution in [3.05, 3.63) is 41.2 Å². The topological polar surface area (TPSA) is 107 Å². The number of hydrogen-bond donors (Lipinski definition) is 1. The number of aromatic nitrogens is 3. The van der Waals surface area contributed by atoms with Crippen molar-refractivity contribution in [1.82, 2.24) is 14.8 Å². The lowest BCUT2D eigenvalue weighted by Gasteiger charge is -2.07. The molecule has 102 valence electrons. The van der Waals surface area contributed by atoms with Gasteiger partial charge < -0.3 is 10.5 Å². The third kappa shape index (κ3) is 3.32. The van der Waals surface area contributed by atoms with Crippen LogP contribution in [0, 0.1) is 18.3 Å². The van der Waals surface area contributed by atoms with Crippen molar-refractivity contribution < 1.29 is 9.53 Å². The molecule has 0 aliphatic rings. The Kier molecular flexibility index (Phi) is 3.96. The molecule has 2 N–H and O–H groups in total. The second-order valence-electron chi connectivity index (χ2n) is 4.21. The van der Waals surface area contributed by atoms with Crippen molar-refractivity contribution in [2.45, 2.75) is 20.1 Å². The van der Waals surface area contributed by atoms with Gasteiger partial charge in [-0.15, -0.1) is 5.10 Å². The normalized spacial score (nSPS) is 10.0. The van der Waals surface area contributed by atoms with Gasteiger partial charge in [0.2, 0.25) is 5.95 Å². The maximum Gasteiger partial charge on any atom is 0.328 e. The zero-order valence-electron chi connectivity index (χ0n) is 10.9. The van der Waals surface area contributed by atoms with Crippen molar-refractivity contribution in [2.75, 3.05) is 5.73 Å². The second-order valence-corrected chi connectivity index (χ2v) is 4.21. The van der Waals surface area contributed by atoms with E-state index in [1.54, 1.807) is 18.2 Å². The van der Waals surface area contributed by atoms with Gasteiger partial charge in [0.15, 0.2) is 0 Å². The number of rotatable bonds is 4. The number of carbonyl (C=O) groups excluding carboxylic acids is 1. The van der Waals surface area contributed by atoms with Crippen LogP contribution in [-0.4, -0.2) is 20.7 Å². The fourth-order valence-corrected chi connectivity index (χ4v) is 1.65. The average Bonchev–Trinajstić information content (AvgIpc) is 2.82. The number of esters is 1. The number of nitriles is 1. The molecular weight excluding hydrogens is 258 g/mol. The maximum absolute atomic E-state index is 11.6. The molecule has 7 nitrogen and oxygen atoms in total. The van der Waals surface area contributed by atoms with Gasteiger partial charge in [0.25, 0.3) is 0 Å². The molecule has 2 rings (SSSR count). The van der Waals surface area contributed by atoms with Crippen LogP contribution in [0.15, 0.2) is 24.5 Å². The minimum absolute atomic E-state index is 0.0421. The minimum atomic E-state index is -0.432. The number of aryl methyl sites for hydroxylation is 1. The molecule has 1 aromatic heterocycles. The number of ether oxygens (including phenoxy) is 1. The van der Waals surface area contributed by atoms with Crippen LogP contribution < -0.4 is 5.73 Å². The van der Waals surface area contributed by atoms with Gasteiger partial charge in [0.1, 0.15) is 19.5 Å². The van der Waals surface area contributed by atoms with Crippen LogP contribution in [0.1, 0.15) is 16.7 Å². The molecule has 0 saturated carbocycles. The predicted molar refractivity (Wildman–Crippen MR) is 70.1 cm³/mol. The van der Waals surface area contributed by atoms with Gasteiger partial charge in [-0.05, 0) is 30.2 Å². The van der Waals surface area contributed by atoms with E-state index in [4.69, 9.17) is 15.7 Å². The first-order valence-corrected chi connectivity index (χ1v) is 5.88. The third-order valence-electron chi connectivity index (χ3n) is 2.71. The number of anilines is 1. The first-order chi connectivity index (χ1) is 9.58. The molecule has 0 saturated heterocycles. The smallest absolute Gasteiger partial charge is 0.328 e. The maximum atomic E-state index is 11.6. The molecule has 0 amide bonds. The van der Waals surface area contributed by atoms with Crippen molar-refractivity contribution in [2.24, 2.45) is 0 Å². The van der Waals surface area contributed by atoms with Crippen LogP contribution in [0.2, 0.25) is 0 Å². The van der Waals surface area contributed by atoms with E-state index in [1.807, 2.05) is 6.92 Å². The van der Waals surface area contributed by atoms with Gasteiger partial charge in [-0.3, -0.25) is 4.79 Å². The van der Waals surface area contributed by atoms with Crippen molar-refractivity contribution in [3.8, 4) is 6.07 Å². The van der Waals surface area contributed by atoms with Crippen LogP contribution >= 0.6 is 0 Å². The van der Waals surface area contributed by atoms with Crippen molar-refractivity contribution in [1.29, 1.82) is 5.26 Å². The summed E-state index contributed by atoms with van der Waals surface area (Å²) in [7, 11) is 0. The SMILES string of the molecule is Cc1cc(C#N)ccc1COC(=O)Cn1cnc(N)n1. The molecule has 1 aromatic carbocycles. The number of benzene rings is 1. The Labute approximate surface area is 115 Å². The number of nitrogens with two attached hydrogens (primary N) is 1. The summed E-state index contributed by atoms with van der Waals surface area (Å²) >= 11 is 0. The summed E-state index contributed by atoms with van der Waals surface area (Å²) in [6, 6.07) is 7.27. The van der Waals surface area contributed by atoms with Crippen LogP contribution in [0.4, 0.5) is 5.95 Å². The highest BCUT2D eigenvalue weighted by atomic mass is 16.5. The quantitative estimate of drug-likeness (QED) is 0.823. The summed E-state index contributed by atoms with van der Waals surface area (Å²) in [6.45, 7) is 1.97. The molecule has 0 fully saturated rings. The van der Waals surface area contributed by atoms with Gasteiger partial charge in [-0.1, -0.05) is 6.07 Å². The highest BCUT2D eigenvalue weighted by molar-refractivity contribution is 5.69. The fourth-order valence-electron chi connectivity index (χ4n) is 1.65. The Bertz CT molecular complexity index is 672. The lowest BCUT2D eigenvalue weighted by atomic mass is 10.1. The first kappa shape index (κ1) is 13.5. The second kappa shape index (κ2) is 5.84. The number of carbonyl (C=O) groups is 1. The summed E-state index contributed by atoms with van der Waals surface area (Å²) < 4.78 is 6.45. The Morgan fingerprint density at radius 1 is 1.55 bits per heavy atom. The summed E-state index contributed by atoms with van der Waals surface area (Å²) in [6.07, 6.45) is 1.36. The molecular formula is C13H13N5O2. The Morgan fingerprint density at radius 2 is 2.35 bits per heavy atom. The van der Waals surface area contributed by atoms with E-state index >= 15 is 0 Å². The van der Waals surface area contributed by atoms with Gasteiger partial charge in [-0.25, -0.2) is 9.67 Å². The predicted octanol–water partition coefficient (Wildman–Crippen LogP) is 0.784. The molecule has 2 aromatic rings. The molecule has 0 atom stereocenters. The van der Waals surface area contributed by atoms with Crippen LogP contribution in [0.5, 0.6) is 0 Å². The Morgan fingerprint density at radius 3 is 2.95 bits per heavy atom. The zero-order chi connectivity index (χ0) is 14.5. The summed E-state index contributed by atoms with van der Waals surface area (Å²) in [5, 5.41) is 12.6. The highest BCUT2D eigenvalue weighted by Gasteiger charge is 2.08. The summed E-state index contributed by atoms with van der Waals surface area (Å²) in [5.41, 5.74) is 7.69. The van der Waals surface area contributed by atoms with E-state index in [-0.39, 0.29) is 19.1 Å². The third-order valence-corrected chi connectivity index (χ3v) is 2.71. The molecule has 7 heteroatoms. The summed E-state index contributed by atoms with van der Waals surface area (Å²) in [4.78, 5) is 15.3. The van der Waals surface area contributed by atoms with Crippen molar-refractivity contribution >= 4 is 11.9 Å². The molecule has 0 radical (unpaired) electrons. The van der Waals surface area contributed by atoms with Gasteiger partial charge in [-0.2, -0.15) is 5.26 Å². The van der Waals surface area contributed by atoms with Gasteiger partial charge in [0.05, 0.1) is 11.6 Å². The molecule has 20 heavy (non-hydrogen) atoms. The number of nitrogen functional groups attached to an aromatic ring is 1. The molecule has 0 aliphatic carbocycles. The molecule has 0 bridgehead atoms. The van der Waals surface area contributed by atoms with Crippen LogP contribution in [0.3, 0.4) is 0 Å². The molecule has 0 spiro atoms. The number of hydrogen-bond acceptors (Lipinski definition) is 6. The van der Waals surface area contributed by atoms with Gasteiger partial charge in [0, 0.05) is 0 Å². The van der Waals surface area contributed by atoms with E-state index in [2.05, 4.69) is 16.2 Å². The Balaban J connectivity index is 1.92.